The molecule has 3 heterocycles. The van der Waals surface area contributed by atoms with Gasteiger partial charge in [0.05, 0.1) is 6.54 Å². The van der Waals surface area contributed by atoms with Crippen molar-refractivity contribution in [2.45, 2.75) is 52.7 Å². The Bertz CT molecular complexity index is 829. The van der Waals surface area contributed by atoms with Gasteiger partial charge in [-0.1, -0.05) is 0 Å². The number of nitrogens with two attached hydrogens (primary N) is 1. The van der Waals surface area contributed by atoms with E-state index in [0.717, 1.165) is 42.4 Å². The maximum atomic E-state index is 13.2. The Morgan fingerprint density at radius 3 is 2.67 bits per heavy atom. The number of carbonyl (C=O) groups excluding carboxylic acids is 1. The highest BCUT2D eigenvalue weighted by molar-refractivity contribution is 5.91. The largest absolute Gasteiger partial charge is 0.355 e. The lowest BCUT2D eigenvalue weighted by atomic mass is 10.2. The lowest BCUT2D eigenvalue weighted by Crippen LogP contribution is -2.38. The monoisotopic (exact) mass is 371 g/mol. The summed E-state index contributed by atoms with van der Waals surface area (Å²) in [6.07, 6.45) is 4.54. The summed E-state index contributed by atoms with van der Waals surface area (Å²) in [4.78, 5) is 30.6. The van der Waals surface area contributed by atoms with Crippen LogP contribution in [-0.4, -0.2) is 55.5 Å². The Kier molecular flexibility index (Phi) is 5.46. The average Bonchev–Trinajstić information content (AvgIpc) is 3.22. The number of aryl methyl sites for hydroxylation is 2. The smallest absolute Gasteiger partial charge is 0.292 e. The number of nitrogens with zero attached hydrogens (tertiary/aromatic N) is 6. The highest BCUT2D eigenvalue weighted by Crippen LogP contribution is 2.24. The van der Waals surface area contributed by atoms with Crippen LogP contribution in [0.5, 0.6) is 0 Å². The van der Waals surface area contributed by atoms with Crippen LogP contribution in [0, 0.1) is 13.8 Å². The van der Waals surface area contributed by atoms with Gasteiger partial charge in [0.25, 0.3) is 5.91 Å². The third-order valence-corrected chi connectivity index (χ3v) is 5.20. The number of anilines is 1. The van der Waals surface area contributed by atoms with E-state index < -0.39 is 0 Å². The average molecular weight is 371 g/mol. The van der Waals surface area contributed by atoms with Gasteiger partial charge in [-0.15, -0.1) is 0 Å². The van der Waals surface area contributed by atoms with E-state index in [1.807, 2.05) is 45.5 Å². The van der Waals surface area contributed by atoms with Crippen LogP contribution in [0.25, 0.3) is 0 Å². The van der Waals surface area contributed by atoms with Crippen molar-refractivity contribution in [1.29, 1.82) is 0 Å². The molecule has 2 aromatic heterocycles. The molecular formula is C19H29N7O. The summed E-state index contributed by atoms with van der Waals surface area (Å²) in [6.45, 7) is 9.92. The van der Waals surface area contributed by atoms with E-state index >= 15 is 0 Å². The van der Waals surface area contributed by atoms with E-state index in [9.17, 15) is 4.79 Å². The van der Waals surface area contributed by atoms with Crippen LogP contribution < -0.4 is 10.6 Å². The molecule has 3 rings (SSSR count). The number of hydrogen-bond acceptors (Lipinski definition) is 6. The van der Waals surface area contributed by atoms with Gasteiger partial charge in [0.1, 0.15) is 11.6 Å². The normalized spacial score (nSPS) is 17.0. The zero-order valence-corrected chi connectivity index (χ0v) is 16.8. The van der Waals surface area contributed by atoms with E-state index in [2.05, 4.69) is 19.9 Å². The first-order valence-corrected chi connectivity index (χ1v) is 9.40. The summed E-state index contributed by atoms with van der Waals surface area (Å²) in [5.74, 6) is 1.70. The maximum absolute atomic E-state index is 13.2. The minimum atomic E-state index is -0.180. The minimum absolute atomic E-state index is 0.00284. The molecule has 1 aliphatic heterocycles. The third-order valence-electron chi connectivity index (χ3n) is 5.20. The fourth-order valence-electron chi connectivity index (χ4n) is 3.32. The first-order valence-electron chi connectivity index (χ1n) is 9.40. The van der Waals surface area contributed by atoms with Crippen LogP contribution in [0.3, 0.4) is 0 Å². The van der Waals surface area contributed by atoms with Crippen molar-refractivity contribution in [1.82, 2.24) is 24.4 Å². The zero-order chi connectivity index (χ0) is 19.7. The van der Waals surface area contributed by atoms with Gasteiger partial charge in [0.2, 0.25) is 5.82 Å². The SMILES string of the molecule is Cc1nc(C(=O)N(Cc2nccn2C)C(C)C)nc(N2CC[C@@H](N)C2)c1C. The van der Waals surface area contributed by atoms with Gasteiger partial charge in [-0.2, -0.15) is 0 Å². The molecule has 0 bridgehead atoms. The third kappa shape index (κ3) is 3.95. The Morgan fingerprint density at radius 2 is 2.11 bits per heavy atom. The molecule has 1 aliphatic rings. The van der Waals surface area contributed by atoms with E-state index in [1.165, 1.54) is 0 Å². The molecule has 0 spiro atoms. The molecular weight excluding hydrogens is 342 g/mol. The number of amides is 1. The van der Waals surface area contributed by atoms with Crippen LogP contribution in [-0.2, 0) is 13.6 Å². The van der Waals surface area contributed by atoms with Gasteiger partial charge < -0.3 is 20.1 Å². The van der Waals surface area contributed by atoms with Gasteiger partial charge >= 0.3 is 0 Å². The molecule has 1 saturated heterocycles. The van der Waals surface area contributed by atoms with Crippen molar-refractivity contribution in [3.05, 3.63) is 35.3 Å². The molecule has 1 fully saturated rings. The van der Waals surface area contributed by atoms with Gasteiger partial charge in [0, 0.05) is 55.9 Å². The Hall–Kier alpha value is -2.48. The molecule has 27 heavy (non-hydrogen) atoms. The van der Waals surface area contributed by atoms with Crippen LogP contribution in [0.1, 0.15) is 48.0 Å². The number of aromatic nitrogens is 4. The molecule has 1 atom stereocenters. The Labute approximate surface area is 160 Å². The van der Waals surface area contributed by atoms with Crippen LogP contribution in [0.2, 0.25) is 0 Å². The molecule has 0 unspecified atom stereocenters. The molecule has 2 aromatic rings. The van der Waals surface area contributed by atoms with Crippen molar-refractivity contribution in [2.24, 2.45) is 12.8 Å². The van der Waals surface area contributed by atoms with Crippen molar-refractivity contribution in [3.63, 3.8) is 0 Å². The van der Waals surface area contributed by atoms with Crippen molar-refractivity contribution < 1.29 is 4.79 Å². The van der Waals surface area contributed by atoms with Crippen LogP contribution >= 0.6 is 0 Å². The van der Waals surface area contributed by atoms with E-state index in [0.29, 0.717) is 6.54 Å². The van der Waals surface area contributed by atoms with E-state index in [1.54, 1.807) is 11.1 Å². The second-order valence-corrected chi connectivity index (χ2v) is 7.56. The predicted octanol–water partition coefficient (Wildman–Crippen LogP) is 1.42. The first-order chi connectivity index (χ1) is 12.8. The summed E-state index contributed by atoms with van der Waals surface area (Å²) in [7, 11) is 1.92. The number of imidazole rings is 1. The summed E-state index contributed by atoms with van der Waals surface area (Å²) < 4.78 is 1.92. The molecule has 0 radical (unpaired) electrons. The van der Waals surface area contributed by atoms with E-state index in [-0.39, 0.29) is 23.8 Å². The molecule has 2 N–H and O–H groups in total. The summed E-state index contributed by atoms with van der Waals surface area (Å²) in [6, 6.07) is 0.150. The van der Waals surface area contributed by atoms with Gasteiger partial charge in [-0.3, -0.25) is 4.79 Å². The first kappa shape index (κ1) is 19.3. The fraction of sp³-hybridized carbons (Fsp3) is 0.579. The molecule has 0 aromatic carbocycles. The van der Waals surface area contributed by atoms with Crippen molar-refractivity contribution in [2.75, 3.05) is 18.0 Å². The number of carbonyl (C=O) groups is 1. The second-order valence-electron chi connectivity index (χ2n) is 7.56. The second kappa shape index (κ2) is 7.64. The summed E-state index contributed by atoms with van der Waals surface area (Å²) >= 11 is 0. The van der Waals surface area contributed by atoms with Crippen LogP contribution in [0.15, 0.2) is 12.4 Å². The highest BCUT2D eigenvalue weighted by Gasteiger charge is 2.27. The lowest BCUT2D eigenvalue weighted by molar-refractivity contribution is 0.0670. The van der Waals surface area contributed by atoms with Crippen molar-refractivity contribution >= 4 is 11.7 Å². The van der Waals surface area contributed by atoms with Gasteiger partial charge in [-0.25, -0.2) is 15.0 Å². The summed E-state index contributed by atoms with van der Waals surface area (Å²) in [5.41, 5.74) is 7.88. The predicted molar refractivity (Wildman–Crippen MR) is 105 cm³/mol. The number of hydrogen-bond donors (Lipinski definition) is 1. The highest BCUT2D eigenvalue weighted by atomic mass is 16.2. The van der Waals surface area contributed by atoms with Gasteiger partial charge in [0.15, 0.2) is 0 Å². The topological polar surface area (TPSA) is 93.2 Å². The standard InChI is InChI=1S/C19H29N7O/c1-12(2)26(11-16-21-7-9-24(16)5)19(27)17-22-14(4)13(3)18(23-17)25-8-6-15(20)10-25/h7,9,12,15H,6,8,10-11,20H2,1-5H3/t15-/m1/s1. The maximum Gasteiger partial charge on any atom is 0.292 e. The quantitative estimate of drug-likeness (QED) is 0.854. The molecule has 1 amide bonds. The van der Waals surface area contributed by atoms with Gasteiger partial charge in [-0.05, 0) is 34.1 Å². The molecule has 0 saturated carbocycles. The van der Waals surface area contributed by atoms with Crippen LogP contribution in [0.4, 0.5) is 5.82 Å². The molecule has 146 valence electrons. The lowest BCUT2D eigenvalue weighted by Gasteiger charge is -2.27. The minimum Gasteiger partial charge on any atom is -0.355 e. The number of rotatable bonds is 5. The fourth-order valence-corrected chi connectivity index (χ4v) is 3.32. The molecule has 8 heteroatoms. The van der Waals surface area contributed by atoms with E-state index in [4.69, 9.17) is 5.73 Å². The van der Waals surface area contributed by atoms with Crippen molar-refractivity contribution in [3.8, 4) is 0 Å². The Morgan fingerprint density at radius 1 is 1.37 bits per heavy atom. The zero-order valence-electron chi connectivity index (χ0n) is 16.8. The Balaban J connectivity index is 1.92. The molecule has 0 aliphatic carbocycles. The summed E-state index contributed by atoms with van der Waals surface area (Å²) in [5, 5.41) is 0. The molecule has 8 nitrogen and oxygen atoms in total.